The van der Waals surface area contributed by atoms with Gasteiger partial charge in [0.2, 0.25) is 10.0 Å². The number of hydrogen-bond acceptors (Lipinski definition) is 7. The van der Waals surface area contributed by atoms with E-state index >= 15 is 0 Å². The smallest absolute Gasteiger partial charge is 0.253 e. The number of pyridine rings is 1. The summed E-state index contributed by atoms with van der Waals surface area (Å²) in [5.74, 6) is 0.338. The minimum absolute atomic E-state index is 0.0106. The molecule has 2 aromatic carbocycles. The number of aliphatic hydroxyl groups is 1. The average Bonchev–Trinajstić information content (AvgIpc) is 2.94. The third-order valence-corrected chi connectivity index (χ3v) is 8.83. The van der Waals surface area contributed by atoms with Gasteiger partial charge in [-0.25, -0.2) is 8.42 Å². The molecule has 0 radical (unpaired) electrons. The third kappa shape index (κ3) is 5.52. The molecule has 1 amide bonds. The van der Waals surface area contributed by atoms with Crippen LogP contribution in [-0.4, -0.2) is 79.6 Å². The van der Waals surface area contributed by atoms with E-state index in [0.717, 1.165) is 11.1 Å². The molecule has 2 heterocycles. The summed E-state index contributed by atoms with van der Waals surface area (Å²) in [5, 5.41) is 9.87. The number of benzene rings is 2. The summed E-state index contributed by atoms with van der Waals surface area (Å²) in [6.07, 6.45) is 2.59. The molecule has 0 spiro atoms. The molecule has 1 aliphatic heterocycles. The van der Waals surface area contributed by atoms with Crippen molar-refractivity contribution < 1.29 is 27.8 Å². The van der Waals surface area contributed by atoms with E-state index in [-0.39, 0.29) is 42.2 Å². The number of sulfonamides is 1. The van der Waals surface area contributed by atoms with Crippen LogP contribution in [0.15, 0.2) is 71.9 Å². The van der Waals surface area contributed by atoms with Gasteiger partial charge in [0.1, 0.15) is 22.5 Å². The molecule has 1 N–H and O–H groups in total. The highest BCUT2D eigenvalue weighted by atomic mass is 32.2. The Bertz CT molecular complexity index is 1380. The van der Waals surface area contributed by atoms with Crippen LogP contribution in [0.4, 0.5) is 0 Å². The SMILES string of the molecule is COc1ccccc1-c1ccc2c(c1)O[C@@H](CN(C)C(=O)c1ccncc1)[C@@H](C)CN([C@@H](C)CO)S2(=O)=O. The van der Waals surface area contributed by atoms with E-state index in [2.05, 4.69) is 4.98 Å². The molecule has 9 nitrogen and oxygen atoms in total. The number of aromatic nitrogens is 1. The maximum atomic E-state index is 13.8. The number of carbonyl (C=O) groups is 1. The molecular weight excluding hydrogens is 506 g/mol. The van der Waals surface area contributed by atoms with Crippen LogP contribution in [0.2, 0.25) is 0 Å². The Balaban J connectivity index is 1.77. The lowest BCUT2D eigenvalue weighted by Crippen LogP contribution is -2.50. The predicted octanol–water partition coefficient (Wildman–Crippen LogP) is 3.30. The number of nitrogens with zero attached hydrogens (tertiary/aromatic N) is 3. The van der Waals surface area contributed by atoms with Gasteiger partial charge >= 0.3 is 0 Å². The van der Waals surface area contributed by atoms with Crippen LogP contribution in [-0.2, 0) is 10.0 Å². The number of ether oxygens (including phenoxy) is 2. The minimum Gasteiger partial charge on any atom is -0.496 e. The van der Waals surface area contributed by atoms with Crippen molar-refractivity contribution in [2.24, 2.45) is 5.92 Å². The zero-order valence-electron chi connectivity index (χ0n) is 21.9. The largest absolute Gasteiger partial charge is 0.496 e. The Morgan fingerprint density at radius 3 is 2.61 bits per heavy atom. The normalized spacial score (nSPS) is 19.8. The second kappa shape index (κ2) is 11.5. The molecule has 4 rings (SSSR count). The van der Waals surface area contributed by atoms with Gasteiger partial charge in [-0.2, -0.15) is 4.31 Å². The van der Waals surface area contributed by atoms with E-state index in [1.165, 1.54) is 10.4 Å². The van der Waals surface area contributed by atoms with Crippen LogP contribution in [0, 0.1) is 5.92 Å². The van der Waals surface area contributed by atoms with E-state index in [1.54, 1.807) is 62.6 Å². The van der Waals surface area contributed by atoms with Gasteiger partial charge in [0.25, 0.3) is 5.91 Å². The zero-order valence-corrected chi connectivity index (χ0v) is 22.8. The molecule has 0 bridgehead atoms. The number of methoxy groups -OCH3 is 1. The fraction of sp³-hybridized carbons (Fsp3) is 0.357. The van der Waals surface area contributed by atoms with Gasteiger partial charge in [0, 0.05) is 49.1 Å². The molecule has 10 heteroatoms. The lowest BCUT2D eigenvalue weighted by Gasteiger charge is -2.37. The predicted molar refractivity (Wildman–Crippen MR) is 144 cm³/mol. The van der Waals surface area contributed by atoms with Crippen molar-refractivity contribution in [1.82, 2.24) is 14.2 Å². The van der Waals surface area contributed by atoms with Crippen molar-refractivity contribution in [3.05, 3.63) is 72.6 Å². The first-order chi connectivity index (χ1) is 18.2. The molecule has 0 saturated heterocycles. The fourth-order valence-corrected chi connectivity index (χ4v) is 6.39. The molecule has 0 unspecified atom stereocenters. The number of para-hydroxylation sites is 1. The molecule has 1 aliphatic rings. The Kier molecular flexibility index (Phi) is 8.35. The fourth-order valence-electron chi connectivity index (χ4n) is 4.56. The van der Waals surface area contributed by atoms with Gasteiger partial charge in [-0.05, 0) is 42.8 Å². The summed E-state index contributed by atoms with van der Waals surface area (Å²) in [4.78, 5) is 18.6. The standard InChI is InChI=1S/C28H33N3O6S/c1-19-16-31(20(2)18-32)38(34,35)27-10-9-22(23-7-5-6-8-24(23)36-4)15-25(27)37-26(19)17-30(3)28(33)21-11-13-29-14-12-21/h5-15,19-20,26,32H,16-18H2,1-4H3/t19-,20-,26-/m0/s1. The van der Waals surface area contributed by atoms with Crippen molar-refractivity contribution in [2.75, 3.05) is 33.9 Å². The third-order valence-electron chi connectivity index (χ3n) is 6.81. The Morgan fingerprint density at radius 2 is 1.92 bits per heavy atom. The maximum Gasteiger partial charge on any atom is 0.253 e. The van der Waals surface area contributed by atoms with Gasteiger partial charge in [0.05, 0.1) is 20.3 Å². The Labute approximate surface area is 223 Å². The molecular formula is C28H33N3O6S. The highest BCUT2D eigenvalue weighted by molar-refractivity contribution is 7.89. The lowest BCUT2D eigenvalue weighted by molar-refractivity contribution is 0.0563. The van der Waals surface area contributed by atoms with E-state index in [4.69, 9.17) is 9.47 Å². The van der Waals surface area contributed by atoms with Gasteiger partial charge < -0.3 is 19.5 Å². The summed E-state index contributed by atoms with van der Waals surface area (Å²) in [6, 6.07) is 15.1. The number of rotatable bonds is 7. The first-order valence-electron chi connectivity index (χ1n) is 12.4. The second-order valence-corrected chi connectivity index (χ2v) is 11.4. The number of aliphatic hydroxyl groups excluding tert-OH is 1. The highest BCUT2D eigenvalue weighted by Gasteiger charge is 2.38. The Hall–Kier alpha value is -3.47. The van der Waals surface area contributed by atoms with Crippen LogP contribution >= 0.6 is 0 Å². The summed E-state index contributed by atoms with van der Waals surface area (Å²) < 4.78 is 40.8. The minimum atomic E-state index is -3.98. The topological polar surface area (TPSA) is 109 Å². The lowest BCUT2D eigenvalue weighted by atomic mass is 10.0. The molecule has 202 valence electrons. The van der Waals surface area contributed by atoms with Gasteiger partial charge in [-0.1, -0.05) is 31.2 Å². The Morgan fingerprint density at radius 1 is 1.21 bits per heavy atom. The average molecular weight is 540 g/mol. The van der Waals surface area contributed by atoms with E-state index in [9.17, 15) is 18.3 Å². The van der Waals surface area contributed by atoms with E-state index in [1.807, 2.05) is 31.2 Å². The molecule has 38 heavy (non-hydrogen) atoms. The first-order valence-corrected chi connectivity index (χ1v) is 13.8. The van der Waals surface area contributed by atoms with Crippen molar-refractivity contribution in [2.45, 2.75) is 30.9 Å². The van der Waals surface area contributed by atoms with Crippen LogP contribution < -0.4 is 9.47 Å². The molecule has 0 saturated carbocycles. The number of carbonyl (C=O) groups excluding carboxylic acids is 1. The molecule has 3 atom stereocenters. The second-order valence-electron chi connectivity index (χ2n) is 9.52. The van der Waals surface area contributed by atoms with Crippen LogP contribution in [0.25, 0.3) is 11.1 Å². The van der Waals surface area contributed by atoms with Crippen LogP contribution in [0.1, 0.15) is 24.2 Å². The van der Waals surface area contributed by atoms with Gasteiger partial charge in [-0.15, -0.1) is 0 Å². The van der Waals surface area contributed by atoms with E-state index in [0.29, 0.717) is 11.3 Å². The quantitative estimate of drug-likeness (QED) is 0.491. The summed E-state index contributed by atoms with van der Waals surface area (Å²) in [6.45, 7) is 3.58. The molecule has 3 aromatic rings. The number of likely N-dealkylation sites (N-methyl/N-ethyl adjacent to an activating group) is 1. The maximum absolute atomic E-state index is 13.8. The number of fused-ring (bicyclic) bond motifs is 1. The van der Waals surface area contributed by atoms with Crippen LogP contribution in [0.3, 0.4) is 0 Å². The van der Waals surface area contributed by atoms with E-state index < -0.39 is 22.2 Å². The summed E-state index contributed by atoms with van der Waals surface area (Å²) in [7, 11) is -0.716. The first kappa shape index (κ1) is 27.6. The molecule has 0 fully saturated rings. The number of amides is 1. The van der Waals surface area contributed by atoms with Gasteiger partial charge in [-0.3, -0.25) is 9.78 Å². The molecule has 0 aliphatic carbocycles. The van der Waals surface area contributed by atoms with Crippen molar-refractivity contribution >= 4 is 15.9 Å². The summed E-state index contributed by atoms with van der Waals surface area (Å²) >= 11 is 0. The monoisotopic (exact) mass is 539 g/mol. The highest BCUT2D eigenvalue weighted by Crippen LogP contribution is 2.38. The molecule has 1 aromatic heterocycles. The number of hydrogen-bond donors (Lipinski definition) is 1. The van der Waals surface area contributed by atoms with Crippen molar-refractivity contribution in [3.63, 3.8) is 0 Å². The van der Waals surface area contributed by atoms with Gasteiger partial charge in [0.15, 0.2) is 0 Å². The zero-order chi connectivity index (χ0) is 27.4. The van der Waals surface area contributed by atoms with Crippen LogP contribution in [0.5, 0.6) is 11.5 Å². The van der Waals surface area contributed by atoms with Crippen molar-refractivity contribution in [1.29, 1.82) is 0 Å². The summed E-state index contributed by atoms with van der Waals surface area (Å²) in [5.41, 5.74) is 2.01. The van der Waals surface area contributed by atoms with Crippen molar-refractivity contribution in [3.8, 4) is 22.6 Å².